The lowest BCUT2D eigenvalue weighted by atomic mass is 10.2. The van der Waals surface area contributed by atoms with Gasteiger partial charge < -0.3 is 10.1 Å². The zero-order valence-corrected chi connectivity index (χ0v) is 16.6. The number of rotatable bonds is 8. The molecule has 2 aromatic heterocycles. The van der Waals surface area contributed by atoms with E-state index in [1.807, 2.05) is 30.3 Å². The van der Waals surface area contributed by atoms with Crippen molar-refractivity contribution in [1.29, 1.82) is 0 Å². The van der Waals surface area contributed by atoms with Crippen LogP contribution in [0, 0.1) is 5.82 Å². The van der Waals surface area contributed by atoms with Crippen molar-refractivity contribution >= 4 is 16.9 Å². The summed E-state index contributed by atoms with van der Waals surface area (Å²) < 4.78 is 21.8. The molecule has 0 atom stereocenters. The monoisotopic (exact) mass is 421 g/mol. The van der Waals surface area contributed by atoms with Crippen molar-refractivity contribution in [2.45, 2.75) is 13.1 Å². The van der Waals surface area contributed by atoms with Gasteiger partial charge in [-0.3, -0.25) is 14.2 Å². The molecule has 0 unspecified atom stereocenters. The van der Waals surface area contributed by atoms with Crippen molar-refractivity contribution < 1.29 is 13.9 Å². The number of carbonyl (C=O) groups excluding carboxylic acids is 1. The van der Waals surface area contributed by atoms with Crippen LogP contribution < -0.4 is 15.6 Å². The second-order valence-electron chi connectivity index (χ2n) is 6.84. The van der Waals surface area contributed by atoms with E-state index in [9.17, 15) is 14.0 Å². The lowest BCUT2D eigenvalue weighted by Gasteiger charge is -2.09. The SMILES string of the molecule is O=C(COc1ccccc1F)NCCn1ncc2c(=O)n(Cc3ccccc3)cnc21. The Labute approximate surface area is 176 Å². The third-order valence-electron chi connectivity index (χ3n) is 4.66. The van der Waals surface area contributed by atoms with E-state index in [-0.39, 0.29) is 24.5 Å². The van der Waals surface area contributed by atoms with E-state index in [1.54, 1.807) is 16.8 Å². The van der Waals surface area contributed by atoms with E-state index in [1.165, 1.54) is 29.2 Å². The van der Waals surface area contributed by atoms with Crippen LogP contribution in [-0.2, 0) is 17.9 Å². The summed E-state index contributed by atoms with van der Waals surface area (Å²) in [5.41, 5.74) is 1.27. The molecular weight excluding hydrogens is 401 g/mol. The van der Waals surface area contributed by atoms with Crippen LogP contribution in [-0.4, -0.2) is 38.4 Å². The Hall–Kier alpha value is -4.01. The molecule has 158 valence electrons. The summed E-state index contributed by atoms with van der Waals surface area (Å²) >= 11 is 0. The highest BCUT2D eigenvalue weighted by Crippen LogP contribution is 2.14. The number of amides is 1. The van der Waals surface area contributed by atoms with Gasteiger partial charge in [0.15, 0.2) is 23.8 Å². The maximum absolute atomic E-state index is 13.5. The van der Waals surface area contributed by atoms with Crippen LogP contribution in [0.15, 0.2) is 71.9 Å². The Morgan fingerprint density at radius 2 is 1.87 bits per heavy atom. The number of hydrogen-bond donors (Lipinski definition) is 1. The van der Waals surface area contributed by atoms with Crippen molar-refractivity contribution in [1.82, 2.24) is 24.6 Å². The van der Waals surface area contributed by atoms with Gasteiger partial charge in [-0.05, 0) is 17.7 Å². The molecule has 9 heteroatoms. The van der Waals surface area contributed by atoms with Crippen LogP contribution >= 0.6 is 0 Å². The van der Waals surface area contributed by atoms with E-state index in [0.717, 1.165) is 5.56 Å². The first kappa shape index (κ1) is 20.3. The van der Waals surface area contributed by atoms with Gasteiger partial charge in [-0.25, -0.2) is 14.1 Å². The van der Waals surface area contributed by atoms with Gasteiger partial charge in [0.25, 0.3) is 11.5 Å². The third kappa shape index (κ3) is 4.77. The molecule has 0 aliphatic heterocycles. The van der Waals surface area contributed by atoms with E-state index in [4.69, 9.17) is 4.74 Å². The van der Waals surface area contributed by atoms with Crippen molar-refractivity contribution in [3.05, 3.63) is 88.9 Å². The molecule has 0 aliphatic carbocycles. The van der Waals surface area contributed by atoms with Crippen molar-refractivity contribution in [2.75, 3.05) is 13.2 Å². The van der Waals surface area contributed by atoms with Crippen LogP contribution in [0.2, 0.25) is 0 Å². The minimum Gasteiger partial charge on any atom is -0.481 e. The van der Waals surface area contributed by atoms with Gasteiger partial charge in [-0.15, -0.1) is 0 Å². The second-order valence-corrected chi connectivity index (χ2v) is 6.84. The van der Waals surface area contributed by atoms with Crippen LogP contribution in [0.4, 0.5) is 4.39 Å². The summed E-state index contributed by atoms with van der Waals surface area (Å²) in [6.45, 7) is 0.699. The van der Waals surface area contributed by atoms with Crippen molar-refractivity contribution in [2.24, 2.45) is 0 Å². The molecule has 0 radical (unpaired) electrons. The van der Waals surface area contributed by atoms with Gasteiger partial charge >= 0.3 is 0 Å². The van der Waals surface area contributed by atoms with Gasteiger partial charge in [0.05, 0.1) is 19.3 Å². The topological polar surface area (TPSA) is 91.0 Å². The number of nitrogens with zero attached hydrogens (tertiary/aromatic N) is 4. The maximum Gasteiger partial charge on any atom is 0.264 e. The summed E-state index contributed by atoms with van der Waals surface area (Å²) in [7, 11) is 0. The minimum atomic E-state index is -0.526. The van der Waals surface area contributed by atoms with Crippen LogP contribution in [0.5, 0.6) is 5.75 Å². The first-order valence-electron chi connectivity index (χ1n) is 9.71. The molecule has 0 fully saturated rings. The highest BCUT2D eigenvalue weighted by Gasteiger charge is 2.11. The Balaban J connectivity index is 1.35. The largest absolute Gasteiger partial charge is 0.481 e. The zero-order valence-electron chi connectivity index (χ0n) is 16.6. The molecular formula is C22H20FN5O3. The number of fused-ring (bicyclic) bond motifs is 1. The smallest absolute Gasteiger partial charge is 0.264 e. The van der Waals surface area contributed by atoms with Crippen LogP contribution in [0.25, 0.3) is 11.0 Å². The van der Waals surface area contributed by atoms with Crippen molar-refractivity contribution in [3.63, 3.8) is 0 Å². The molecule has 0 aliphatic rings. The fourth-order valence-corrected chi connectivity index (χ4v) is 3.11. The molecule has 2 heterocycles. The molecule has 0 saturated carbocycles. The Kier molecular flexibility index (Phi) is 6.02. The number of aromatic nitrogens is 4. The molecule has 2 aromatic carbocycles. The Bertz CT molecular complexity index is 1250. The predicted octanol–water partition coefficient (Wildman–Crippen LogP) is 1.98. The molecule has 1 amide bonds. The average Bonchev–Trinajstić information content (AvgIpc) is 3.20. The highest BCUT2D eigenvalue weighted by atomic mass is 19.1. The number of para-hydroxylation sites is 1. The minimum absolute atomic E-state index is 0.0201. The molecule has 1 N–H and O–H groups in total. The molecule has 4 aromatic rings. The Morgan fingerprint density at radius 3 is 2.68 bits per heavy atom. The average molecular weight is 421 g/mol. The molecule has 8 nitrogen and oxygen atoms in total. The lowest BCUT2D eigenvalue weighted by molar-refractivity contribution is -0.123. The van der Waals surface area contributed by atoms with Gasteiger partial charge in [-0.2, -0.15) is 5.10 Å². The normalized spacial score (nSPS) is 10.9. The number of halogens is 1. The molecule has 31 heavy (non-hydrogen) atoms. The van der Waals surface area contributed by atoms with Gasteiger partial charge in [0.1, 0.15) is 11.7 Å². The predicted molar refractivity (Wildman–Crippen MR) is 112 cm³/mol. The number of hydrogen-bond acceptors (Lipinski definition) is 5. The van der Waals surface area contributed by atoms with E-state index >= 15 is 0 Å². The molecule has 0 saturated heterocycles. The lowest BCUT2D eigenvalue weighted by Crippen LogP contribution is -2.32. The molecule has 0 spiro atoms. The second kappa shape index (κ2) is 9.21. The number of ether oxygens (including phenoxy) is 1. The summed E-state index contributed by atoms with van der Waals surface area (Å²) in [5, 5.41) is 7.30. The summed E-state index contributed by atoms with van der Waals surface area (Å²) in [5.74, 6) is -0.896. The fourth-order valence-electron chi connectivity index (χ4n) is 3.11. The Morgan fingerprint density at radius 1 is 1.10 bits per heavy atom. The molecule has 4 rings (SSSR count). The summed E-state index contributed by atoms with van der Waals surface area (Å²) in [4.78, 5) is 29.0. The molecule has 0 bridgehead atoms. The van der Waals surface area contributed by atoms with E-state index < -0.39 is 11.7 Å². The highest BCUT2D eigenvalue weighted by molar-refractivity contribution is 5.77. The first-order chi connectivity index (χ1) is 15.1. The quantitative estimate of drug-likeness (QED) is 0.470. The van der Waals surface area contributed by atoms with Gasteiger partial charge in [0, 0.05) is 6.54 Å². The maximum atomic E-state index is 13.5. The zero-order chi connectivity index (χ0) is 21.6. The van der Waals surface area contributed by atoms with Crippen LogP contribution in [0.1, 0.15) is 5.56 Å². The number of nitrogens with one attached hydrogen (secondary N) is 1. The third-order valence-corrected chi connectivity index (χ3v) is 4.66. The summed E-state index contributed by atoms with van der Waals surface area (Å²) in [6.07, 6.45) is 2.98. The number of benzene rings is 2. The van der Waals surface area contributed by atoms with Crippen LogP contribution in [0.3, 0.4) is 0 Å². The summed E-state index contributed by atoms with van der Waals surface area (Å²) in [6, 6.07) is 15.5. The van der Waals surface area contributed by atoms with E-state index in [0.29, 0.717) is 24.1 Å². The standard InChI is InChI=1S/C22H20FN5O3/c23-18-8-4-5-9-19(18)31-14-20(29)24-10-11-28-21-17(12-26-28)22(30)27(15-25-21)13-16-6-2-1-3-7-16/h1-9,12,15H,10-11,13-14H2,(H,24,29). The van der Waals surface area contributed by atoms with Gasteiger partial charge in [0.2, 0.25) is 0 Å². The fraction of sp³-hybridized carbons (Fsp3) is 0.182. The van der Waals surface area contributed by atoms with Crippen molar-refractivity contribution in [3.8, 4) is 5.75 Å². The van der Waals surface area contributed by atoms with E-state index in [2.05, 4.69) is 15.4 Å². The first-order valence-corrected chi connectivity index (χ1v) is 9.71. The van der Waals surface area contributed by atoms with Gasteiger partial charge in [-0.1, -0.05) is 42.5 Å². The number of carbonyl (C=O) groups is 1.